The number of anilines is 1. The first-order valence-corrected chi connectivity index (χ1v) is 6.73. The van der Waals surface area contributed by atoms with Gasteiger partial charge in [-0.15, -0.1) is 0 Å². The third-order valence-electron chi connectivity index (χ3n) is 2.91. The summed E-state index contributed by atoms with van der Waals surface area (Å²) in [5, 5.41) is 23.4. The highest BCUT2D eigenvalue weighted by Crippen LogP contribution is 2.26. The van der Waals surface area contributed by atoms with Crippen LogP contribution in [0.15, 0.2) is 40.9 Å². The fraction of sp³-hybridized carbons (Fsp3) is 0.143. The van der Waals surface area contributed by atoms with Gasteiger partial charge >= 0.3 is 0 Å². The Kier molecular flexibility index (Phi) is 4.24. The zero-order valence-corrected chi connectivity index (χ0v) is 12.3. The number of nitro groups is 1. The SMILES string of the molecule is Cc1ccc(NCc2ccc(O)c(Br)c2)cc1[N+](=O)[O-]. The summed E-state index contributed by atoms with van der Waals surface area (Å²) in [5.74, 6) is 0.180. The smallest absolute Gasteiger partial charge is 0.274 e. The molecule has 5 nitrogen and oxygen atoms in total. The minimum Gasteiger partial charge on any atom is -0.507 e. The normalized spacial score (nSPS) is 10.3. The van der Waals surface area contributed by atoms with Gasteiger partial charge in [0.1, 0.15) is 5.75 Å². The second-order valence-electron chi connectivity index (χ2n) is 4.40. The molecule has 2 rings (SSSR count). The Morgan fingerprint density at radius 3 is 2.70 bits per heavy atom. The predicted molar refractivity (Wildman–Crippen MR) is 81.0 cm³/mol. The van der Waals surface area contributed by atoms with Crippen LogP contribution in [-0.4, -0.2) is 10.0 Å². The fourth-order valence-corrected chi connectivity index (χ4v) is 2.21. The van der Waals surface area contributed by atoms with Gasteiger partial charge in [0.15, 0.2) is 0 Å². The lowest BCUT2D eigenvalue weighted by Crippen LogP contribution is -2.00. The topological polar surface area (TPSA) is 75.4 Å². The van der Waals surface area contributed by atoms with Gasteiger partial charge in [0.05, 0.1) is 9.40 Å². The van der Waals surface area contributed by atoms with Crippen LogP contribution in [0, 0.1) is 17.0 Å². The van der Waals surface area contributed by atoms with E-state index >= 15 is 0 Å². The maximum Gasteiger partial charge on any atom is 0.274 e. The van der Waals surface area contributed by atoms with Crippen LogP contribution >= 0.6 is 15.9 Å². The minimum absolute atomic E-state index is 0.0990. The Morgan fingerprint density at radius 1 is 1.30 bits per heavy atom. The van der Waals surface area contributed by atoms with E-state index in [1.165, 1.54) is 6.07 Å². The van der Waals surface area contributed by atoms with Crippen LogP contribution in [0.4, 0.5) is 11.4 Å². The summed E-state index contributed by atoms with van der Waals surface area (Å²) in [5.41, 5.74) is 2.37. The lowest BCUT2D eigenvalue weighted by atomic mass is 10.1. The molecule has 0 aliphatic heterocycles. The van der Waals surface area contributed by atoms with E-state index < -0.39 is 4.92 Å². The van der Waals surface area contributed by atoms with E-state index in [9.17, 15) is 15.2 Å². The van der Waals surface area contributed by atoms with E-state index in [2.05, 4.69) is 21.2 Å². The van der Waals surface area contributed by atoms with Crippen molar-refractivity contribution in [2.75, 3.05) is 5.32 Å². The highest BCUT2D eigenvalue weighted by Gasteiger charge is 2.10. The van der Waals surface area contributed by atoms with Crippen LogP contribution in [0.2, 0.25) is 0 Å². The second-order valence-corrected chi connectivity index (χ2v) is 5.25. The average molecular weight is 337 g/mol. The molecular weight excluding hydrogens is 324 g/mol. The Labute approximate surface area is 124 Å². The number of halogens is 1. The van der Waals surface area contributed by atoms with Gasteiger partial charge in [-0.05, 0) is 46.6 Å². The monoisotopic (exact) mass is 336 g/mol. The number of nitrogens with one attached hydrogen (secondary N) is 1. The van der Waals surface area contributed by atoms with Crippen LogP contribution in [0.1, 0.15) is 11.1 Å². The molecule has 0 heterocycles. The number of rotatable bonds is 4. The number of nitrogens with zero attached hydrogens (tertiary/aromatic N) is 1. The number of nitro benzene ring substituents is 1. The van der Waals surface area contributed by atoms with Gasteiger partial charge in [-0.1, -0.05) is 12.1 Å². The third-order valence-corrected chi connectivity index (χ3v) is 3.55. The number of phenolic OH excluding ortho intramolecular Hbond substituents is 1. The number of hydrogen-bond acceptors (Lipinski definition) is 4. The van der Waals surface area contributed by atoms with Crippen molar-refractivity contribution in [3.63, 3.8) is 0 Å². The van der Waals surface area contributed by atoms with Gasteiger partial charge in [0.25, 0.3) is 5.69 Å². The van der Waals surface area contributed by atoms with Crippen molar-refractivity contribution in [1.82, 2.24) is 0 Å². The standard InChI is InChI=1S/C14H13BrN2O3/c1-9-2-4-11(7-13(9)17(19)20)16-8-10-3-5-14(18)12(15)6-10/h2-7,16,18H,8H2,1H3. The van der Waals surface area contributed by atoms with Crippen molar-refractivity contribution in [1.29, 1.82) is 0 Å². The molecule has 2 aromatic rings. The van der Waals surface area contributed by atoms with Gasteiger partial charge in [-0.3, -0.25) is 10.1 Å². The molecule has 2 N–H and O–H groups in total. The summed E-state index contributed by atoms with van der Waals surface area (Å²) in [7, 11) is 0. The van der Waals surface area contributed by atoms with Crippen molar-refractivity contribution in [3.05, 3.63) is 62.1 Å². The van der Waals surface area contributed by atoms with Crippen molar-refractivity contribution >= 4 is 27.3 Å². The Morgan fingerprint density at radius 2 is 2.05 bits per heavy atom. The van der Waals surface area contributed by atoms with Crippen molar-refractivity contribution < 1.29 is 10.0 Å². The summed E-state index contributed by atoms with van der Waals surface area (Å²) in [6.07, 6.45) is 0. The van der Waals surface area contributed by atoms with E-state index in [0.717, 1.165) is 5.56 Å². The molecule has 104 valence electrons. The molecule has 0 atom stereocenters. The van der Waals surface area contributed by atoms with Gasteiger partial charge < -0.3 is 10.4 Å². The first-order valence-electron chi connectivity index (χ1n) is 5.93. The molecule has 0 spiro atoms. The maximum absolute atomic E-state index is 10.9. The highest BCUT2D eigenvalue weighted by molar-refractivity contribution is 9.10. The van der Waals surface area contributed by atoms with E-state index in [-0.39, 0.29) is 11.4 Å². The average Bonchev–Trinajstić information content (AvgIpc) is 2.41. The van der Waals surface area contributed by atoms with Crippen LogP contribution < -0.4 is 5.32 Å². The van der Waals surface area contributed by atoms with Gasteiger partial charge in [-0.25, -0.2) is 0 Å². The molecule has 2 aromatic carbocycles. The molecule has 0 saturated heterocycles. The molecule has 0 aliphatic rings. The van der Waals surface area contributed by atoms with E-state index in [1.807, 2.05) is 0 Å². The van der Waals surface area contributed by atoms with E-state index in [1.54, 1.807) is 37.3 Å². The van der Waals surface area contributed by atoms with Crippen molar-refractivity contribution in [2.24, 2.45) is 0 Å². The zero-order chi connectivity index (χ0) is 14.7. The highest BCUT2D eigenvalue weighted by atomic mass is 79.9. The number of phenols is 1. The molecule has 0 aromatic heterocycles. The summed E-state index contributed by atoms with van der Waals surface area (Å²) in [4.78, 5) is 10.5. The molecule has 0 radical (unpaired) electrons. The molecular formula is C14H13BrN2O3. The fourth-order valence-electron chi connectivity index (χ4n) is 1.78. The van der Waals surface area contributed by atoms with Crippen molar-refractivity contribution in [3.8, 4) is 5.75 Å². The quantitative estimate of drug-likeness (QED) is 0.654. The Bertz CT molecular complexity index is 659. The lowest BCUT2D eigenvalue weighted by Gasteiger charge is -2.08. The van der Waals surface area contributed by atoms with Gasteiger partial charge in [0.2, 0.25) is 0 Å². The number of aromatic hydroxyl groups is 1. The second kappa shape index (κ2) is 5.92. The summed E-state index contributed by atoms with van der Waals surface area (Å²) < 4.78 is 0.617. The van der Waals surface area contributed by atoms with Crippen LogP contribution in [0.3, 0.4) is 0 Å². The number of benzene rings is 2. The zero-order valence-electron chi connectivity index (χ0n) is 10.8. The summed E-state index contributed by atoms with van der Waals surface area (Å²) in [6.45, 7) is 2.22. The van der Waals surface area contributed by atoms with Crippen LogP contribution in [0.25, 0.3) is 0 Å². The maximum atomic E-state index is 10.9. The Balaban J connectivity index is 2.12. The largest absolute Gasteiger partial charge is 0.507 e. The van der Waals surface area contributed by atoms with E-state index in [0.29, 0.717) is 22.3 Å². The Hall–Kier alpha value is -2.08. The van der Waals surface area contributed by atoms with Crippen LogP contribution in [-0.2, 0) is 6.54 Å². The molecule has 20 heavy (non-hydrogen) atoms. The molecule has 0 amide bonds. The number of hydrogen-bond donors (Lipinski definition) is 2. The molecule has 0 fully saturated rings. The summed E-state index contributed by atoms with van der Waals surface area (Å²) >= 11 is 3.25. The lowest BCUT2D eigenvalue weighted by molar-refractivity contribution is -0.385. The van der Waals surface area contributed by atoms with Crippen LogP contribution in [0.5, 0.6) is 5.75 Å². The van der Waals surface area contributed by atoms with Gasteiger partial charge in [0, 0.05) is 23.9 Å². The first-order chi connectivity index (χ1) is 9.47. The van der Waals surface area contributed by atoms with E-state index in [4.69, 9.17) is 0 Å². The molecule has 0 saturated carbocycles. The minimum atomic E-state index is -0.391. The first kappa shape index (κ1) is 14.3. The van der Waals surface area contributed by atoms with Crippen molar-refractivity contribution in [2.45, 2.75) is 13.5 Å². The molecule has 0 bridgehead atoms. The molecule has 0 aliphatic carbocycles. The number of aryl methyl sites for hydroxylation is 1. The molecule has 0 unspecified atom stereocenters. The molecule has 6 heteroatoms. The summed E-state index contributed by atoms with van der Waals surface area (Å²) in [6, 6.07) is 10.2. The third kappa shape index (κ3) is 3.27. The predicted octanol–water partition coefficient (Wildman–Crippen LogP) is 3.98. The van der Waals surface area contributed by atoms with Gasteiger partial charge in [-0.2, -0.15) is 0 Å².